The molecule has 0 spiro atoms. The van der Waals surface area contributed by atoms with Crippen LogP contribution in [0.5, 0.6) is 0 Å². The van der Waals surface area contributed by atoms with Gasteiger partial charge in [-0.2, -0.15) is 0 Å². The summed E-state index contributed by atoms with van der Waals surface area (Å²) in [4.78, 5) is 16.4. The van der Waals surface area contributed by atoms with Crippen LogP contribution in [0.4, 0.5) is 0 Å². The molecule has 1 rings (SSSR count). The van der Waals surface area contributed by atoms with Gasteiger partial charge in [0.25, 0.3) is 5.91 Å². The number of rotatable bonds is 4. The van der Waals surface area contributed by atoms with Gasteiger partial charge in [0.1, 0.15) is 0 Å². The number of hydrogen-bond donors (Lipinski definition) is 1. The van der Waals surface area contributed by atoms with Gasteiger partial charge in [0.2, 0.25) is 0 Å². The molecule has 0 atom stereocenters. The first-order chi connectivity index (χ1) is 9.09. The third-order valence-electron chi connectivity index (χ3n) is 3.18. The molecule has 20 heavy (non-hydrogen) atoms. The number of nitrogens with zero attached hydrogens (tertiary/aromatic N) is 1. The highest BCUT2D eigenvalue weighted by Crippen LogP contribution is 2.20. The molecular formula is C17H28N2O. The second-order valence-electron chi connectivity index (χ2n) is 7.60. The van der Waals surface area contributed by atoms with Gasteiger partial charge in [-0.05, 0) is 30.4 Å². The molecular weight excluding hydrogens is 248 g/mol. The van der Waals surface area contributed by atoms with Gasteiger partial charge in [0.05, 0.1) is 5.56 Å². The summed E-state index contributed by atoms with van der Waals surface area (Å²) in [6.45, 7) is 13.7. The summed E-state index contributed by atoms with van der Waals surface area (Å²) in [5, 5.41) is 2.95. The number of carbonyl (C=O) groups is 1. The highest BCUT2D eigenvalue weighted by atomic mass is 16.1. The first kappa shape index (κ1) is 16.7. The molecule has 0 aromatic carbocycles. The van der Waals surface area contributed by atoms with Gasteiger partial charge in [-0.25, -0.2) is 0 Å². The van der Waals surface area contributed by atoms with Gasteiger partial charge in [0, 0.05) is 23.9 Å². The van der Waals surface area contributed by atoms with Crippen LogP contribution in [-0.2, 0) is 5.41 Å². The summed E-state index contributed by atoms with van der Waals surface area (Å²) in [5.74, 6) is -0.0353. The predicted molar refractivity (Wildman–Crippen MR) is 84.0 cm³/mol. The Morgan fingerprint density at radius 3 is 2.25 bits per heavy atom. The van der Waals surface area contributed by atoms with Crippen LogP contribution in [0.15, 0.2) is 18.3 Å². The van der Waals surface area contributed by atoms with Crippen LogP contribution < -0.4 is 5.32 Å². The monoisotopic (exact) mass is 276 g/mol. The smallest absolute Gasteiger partial charge is 0.252 e. The minimum absolute atomic E-state index is 0.0156. The molecule has 0 bridgehead atoms. The zero-order valence-electron chi connectivity index (χ0n) is 13.7. The van der Waals surface area contributed by atoms with E-state index in [0.717, 1.165) is 25.1 Å². The molecule has 3 heteroatoms. The van der Waals surface area contributed by atoms with Crippen LogP contribution in [0, 0.1) is 5.41 Å². The molecule has 0 aliphatic carbocycles. The van der Waals surface area contributed by atoms with E-state index in [2.05, 4.69) is 51.8 Å². The summed E-state index contributed by atoms with van der Waals surface area (Å²) in [6, 6.07) is 3.79. The maximum absolute atomic E-state index is 12.0. The molecule has 1 amide bonds. The summed E-state index contributed by atoms with van der Waals surface area (Å²) < 4.78 is 0. The van der Waals surface area contributed by atoms with Crippen LogP contribution in [0.2, 0.25) is 0 Å². The molecule has 0 aliphatic heterocycles. The zero-order chi connectivity index (χ0) is 15.4. The standard InChI is InChI=1S/C17H28N2O/c1-16(2,3)10-7-11-18-15(20)13-8-9-14(19-12-13)17(4,5)6/h8-9,12H,7,10-11H2,1-6H3,(H,18,20). The molecule has 0 fully saturated rings. The van der Waals surface area contributed by atoms with Gasteiger partial charge < -0.3 is 5.32 Å². The van der Waals surface area contributed by atoms with Crippen LogP contribution in [0.3, 0.4) is 0 Å². The fourth-order valence-electron chi connectivity index (χ4n) is 1.89. The summed E-state index contributed by atoms with van der Waals surface area (Å²) in [6.07, 6.45) is 3.77. The van der Waals surface area contributed by atoms with Crippen molar-refractivity contribution >= 4 is 5.91 Å². The Bertz CT molecular complexity index is 436. The third kappa shape index (κ3) is 5.72. The fourth-order valence-corrected chi connectivity index (χ4v) is 1.89. The van der Waals surface area contributed by atoms with E-state index in [1.807, 2.05) is 12.1 Å². The molecule has 0 unspecified atom stereocenters. The van der Waals surface area contributed by atoms with Crippen molar-refractivity contribution in [2.45, 2.75) is 59.8 Å². The fraction of sp³-hybridized carbons (Fsp3) is 0.647. The molecule has 1 heterocycles. The first-order valence-electron chi connectivity index (χ1n) is 7.34. The highest BCUT2D eigenvalue weighted by molar-refractivity contribution is 5.93. The van der Waals surface area contributed by atoms with Gasteiger partial charge in [-0.15, -0.1) is 0 Å². The number of pyridine rings is 1. The van der Waals surface area contributed by atoms with Crippen molar-refractivity contribution in [3.05, 3.63) is 29.6 Å². The highest BCUT2D eigenvalue weighted by Gasteiger charge is 2.16. The van der Waals surface area contributed by atoms with Crippen LogP contribution >= 0.6 is 0 Å². The lowest BCUT2D eigenvalue weighted by Gasteiger charge is -2.18. The third-order valence-corrected chi connectivity index (χ3v) is 3.18. The molecule has 0 saturated carbocycles. The largest absolute Gasteiger partial charge is 0.352 e. The summed E-state index contributed by atoms with van der Waals surface area (Å²) in [7, 11) is 0. The maximum atomic E-state index is 12.0. The van der Waals surface area contributed by atoms with Crippen molar-refractivity contribution in [2.24, 2.45) is 5.41 Å². The Hall–Kier alpha value is -1.38. The molecule has 0 aliphatic rings. The number of amides is 1. The van der Waals surface area contributed by atoms with Gasteiger partial charge >= 0.3 is 0 Å². The average molecular weight is 276 g/mol. The average Bonchev–Trinajstić information content (AvgIpc) is 2.32. The van der Waals surface area contributed by atoms with Crippen LogP contribution in [0.25, 0.3) is 0 Å². The summed E-state index contributed by atoms with van der Waals surface area (Å²) in [5.41, 5.74) is 1.97. The minimum atomic E-state index is -0.0353. The van der Waals surface area contributed by atoms with E-state index in [-0.39, 0.29) is 11.3 Å². The van der Waals surface area contributed by atoms with E-state index in [4.69, 9.17) is 0 Å². The van der Waals surface area contributed by atoms with E-state index in [0.29, 0.717) is 11.0 Å². The van der Waals surface area contributed by atoms with Crippen molar-refractivity contribution in [3.8, 4) is 0 Å². The Labute approximate surface area is 123 Å². The predicted octanol–water partition coefficient (Wildman–Crippen LogP) is 3.94. The first-order valence-corrected chi connectivity index (χ1v) is 7.34. The van der Waals surface area contributed by atoms with Crippen molar-refractivity contribution < 1.29 is 4.79 Å². The zero-order valence-corrected chi connectivity index (χ0v) is 13.7. The number of hydrogen-bond acceptors (Lipinski definition) is 2. The van der Waals surface area contributed by atoms with E-state index in [9.17, 15) is 4.79 Å². The normalized spacial score (nSPS) is 12.3. The number of carbonyl (C=O) groups excluding carboxylic acids is 1. The summed E-state index contributed by atoms with van der Waals surface area (Å²) >= 11 is 0. The topological polar surface area (TPSA) is 42.0 Å². The van der Waals surface area contributed by atoms with Gasteiger partial charge in [-0.3, -0.25) is 9.78 Å². The van der Waals surface area contributed by atoms with Crippen LogP contribution in [0.1, 0.15) is 70.4 Å². The van der Waals surface area contributed by atoms with Gasteiger partial charge in [-0.1, -0.05) is 41.5 Å². The Kier molecular flexibility index (Phi) is 5.32. The van der Waals surface area contributed by atoms with E-state index >= 15 is 0 Å². The van der Waals surface area contributed by atoms with E-state index in [1.165, 1.54) is 0 Å². The Morgan fingerprint density at radius 2 is 1.80 bits per heavy atom. The van der Waals surface area contributed by atoms with Crippen molar-refractivity contribution in [2.75, 3.05) is 6.54 Å². The molecule has 3 nitrogen and oxygen atoms in total. The maximum Gasteiger partial charge on any atom is 0.252 e. The quantitative estimate of drug-likeness (QED) is 0.846. The molecule has 1 aromatic rings. The Morgan fingerprint density at radius 1 is 1.15 bits per heavy atom. The van der Waals surface area contributed by atoms with Gasteiger partial charge in [0.15, 0.2) is 0 Å². The number of aromatic nitrogens is 1. The molecule has 112 valence electrons. The van der Waals surface area contributed by atoms with Crippen LogP contribution in [-0.4, -0.2) is 17.4 Å². The SMILES string of the molecule is CC(C)(C)CCCNC(=O)c1ccc(C(C)(C)C)nc1. The lowest BCUT2D eigenvalue weighted by atomic mass is 9.90. The molecule has 0 saturated heterocycles. The van der Waals surface area contributed by atoms with E-state index in [1.54, 1.807) is 6.20 Å². The second-order valence-corrected chi connectivity index (χ2v) is 7.60. The lowest BCUT2D eigenvalue weighted by molar-refractivity contribution is 0.0951. The second kappa shape index (κ2) is 6.38. The van der Waals surface area contributed by atoms with Crippen molar-refractivity contribution in [1.82, 2.24) is 10.3 Å². The molecule has 1 aromatic heterocycles. The molecule has 1 N–H and O–H groups in total. The Balaban J connectivity index is 2.48. The minimum Gasteiger partial charge on any atom is -0.352 e. The van der Waals surface area contributed by atoms with Crippen molar-refractivity contribution in [1.29, 1.82) is 0 Å². The number of nitrogens with one attached hydrogen (secondary N) is 1. The van der Waals surface area contributed by atoms with Crippen molar-refractivity contribution in [3.63, 3.8) is 0 Å². The molecule has 0 radical (unpaired) electrons. The lowest BCUT2D eigenvalue weighted by Crippen LogP contribution is -2.25. The van der Waals surface area contributed by atoms with E-state index < -0.39 is 0 Å².